The minimum atomic E-state index is -4.48. The van der Waals surface area contributed by atoms with E-state index in [-0.39, 0.29) is 28.0 Å². The fourth-order valence-corrected chi connectivity index (χ4v) is 4.55. The van der Waals surface area contributed by atoms with Gasteiger partial charge in [0.15, 0.2) is 0 Å². The van der Waals surface area contributed by atoms with E-state index in [9.17, 15) is 31.5 Å². The van der Waals surface area contributed by atoms with E-state index >= 15 is 0 Å². The average Bonchev–Trinajstić information content (AvgIpc) is 3.27. The van der Waals surface area contributed by atoms with Gasteiger partial charge in [-0.25, -0.2) is 23.5 Å². The second kappa shape index (κ2) is 9.43. The number of nitrogens with one attached hydrogen (secondary N) is 1. The highest BCUT2D eigenvalue weighted by Crippen LogP contribution is 2.38. The standard InChI is InChI=1S/C21H23F5N4O3S/c1-5-33-19(32)17-29-15(18(31)30-9-20(22,23)7-11(30)3)16(34-17)13-8-27-14(6-10(13)2)28-12(4)21(24,25)26/h6,8,11-12H,5,7,9H2,1-4H3,(H,27,28)/t11-,12-/m0/s1. The summed E-state index contributed by atoms with van der Waals surface area (Å²) < 4.78 is 71.3. The fourth-order valence-electron chi connectivity index (χ4n) is 3.52. The molecule has 1 amide bonds. The maximum absolute atomic E-state index is 13.9. The molecular weight excluding hydrogens is 483 g/mol. The summed E-state index contributed by atoms with van der Waals surface area (Å²) in [5.41, 5.74) is 0.562. The molecule has 1 saturated heterocycles. The van der Waals surface area contributed by atoms with E-state index < -0.39 is 49.0 Å². The fraction of sp³-hybridized carbons (Fsp3) is 0.524. The lowest BCUT2D eigenvalue weighted by Crippen LogP contribution is -2.35. The number of aryl methyl sites for hydroxylation is 1. The summed E-state index contributed by atoms with van der Waals surface area (Å²) in [5.74, 6) is -4.65. The minimum Gasteiger partial charge on any atom is -0.461 e. The smallest absolute Gasteiger partial charge is 0.408 e. The van der Waals surface area contributed by atoms with Gasteiger partial charge in [-0.3, -0.25) is 4.79 Å². The number of carbonyl (C=O) groups is 2. The average molecular weight is 506 g/mol. The predicted octanol–water partition coefficient (Wildman–Crippen LogP) is 4.92. The molecule has 2 aromatic rings. The molecule has 13 heteroatoms. The maximum Gasteiger partial charge on any atom is 0.408 e. The molecule has 0 unspecified atom stereocenters. The SMILES string of the molecule is CCOC(=O)c1nc(C(=O)N2CC(F)(F)C[C@@H]2C)c(-c2cnc(N[C@@H](C)C(F)(F)F)cc2C)s1. The number of aromatic nitrogens is 2. The Labute approximate surface area is 196 Å². The first-order chi connectivity index (χ1) is 15.7. The van der Waals surface area contributed by atoms with E-state index in [1.165, 1.54) is 19.2 Å². The first kappa shape index (κ1) is 25.8. The van der Waals surface area contributed by atoms with Crippen molar-refractivity contribution in [1.29, 1.82) is 0 Å². The first-order valence-corrected chi connectivity index (χ1v) is 11.2. The summed E-state index contributed by atoms with van der Waals surface area (Å²) in [6.07, 6.45) is -3.72. The Hall–Kier alpha value is -2.83. The van der Waals surface area contributed by atoms with E-state index in [0.29, 0.717) is 11.1 Å². The van der Waals surface area contributed by atoms with E-state index in [1.807, 2.05) is 0 Å². The van der Waals surface area contributed by atoms with Gasteiger partial charge in [0.1, 0.15) is 17.6 Å². The van der Waals surface area contributed by atoms with Crippen LogP contribution in [0.5, 0.6) is 0 Å². The summed E-state index contributed by atoms with van der Waals surface area (Å²) in [6.45, 7) is 4.90. The van der Waals surface area contributed by atoms with Crippen molar-refractivity contribution in [3.8, 4) is 10.4 Å². The van der Waals surface area contributed by atoms with E-state index in [2.05, 4.69) is 15.3 Å². The second-order valence-corrected chi connectivity index (χ2v) is 9.05. The Balaban J connectivity index is 2.01. The predicted molar refractivity (Wildman–Crippen MR) is 115 cm³/mol. The lowest BCUT2D eigenvalue weighted by atomic mass is 10.1. The monoisotopic (exact) mass is 506 g/mol. The quantitative estimate of drug-likeness (QED) is 0.442. The van der Waals surface area contributed by atoms with Crippen molar-refractivity contribution >= 4 is 29.0 Å². The van der Waals surface area contributed by atoms with Crippen molar-refractivity contribution in [3.05, 3.63) is 28.5 Å². The van der Waals surface area contributed by atoms with Crippen LogP contribution in [0.4, 0.5) is 27.8 Å². The molecule has 7 nitrogen and oxygen atoms in total. The Morgan fingerprint density at radius 2 is 2.06 bits per heavy atom. The van der Waals surface area contributed by atoms with Crippen LogP contribution in [0.1, 0.15) is 53.0 Å². The van der Waals surface area contributed by atoms with Crippen LogP contribution in [0.15, 0.2) is 12.3 Å². The largest absolute Gasteiger partial charge is 0.461 e. The highest BCUT2D eigenvalue weighted by atomic mass is 32.1. The van der Waals surface area contributed by atoms with Crippen LogP contribution < -0.4 is 5.32 Å². The lowest BCUT2D eigenvalue weighted by Gasteiger charge is -2.20. The number of rotatable bonds is 6. The van der Waals surface area contributed by atoms with Crippen molar-refractivity contribution < 1.29 is 36.3 Å². The molecule has 34 heavy (non-hydrogen) atoms. The number of ether oxygens (including phenoxy) is 1. The molecule has 3 heterocycles. The summed E-state index contributed by atoms with van der Waals surface area (Å²) in [7, 11) is 0. The van der Waals surface area contributed by atoms with Crippen molar-refractivity contribution in [2.75, 3.05) is 18.5 Å². The third-order valence-corrected chi connectivity index (χ3v) is 6.35. The number of anilines is 1. The van der Waals surface area contributed by atoms with Crippen molar-refractivity contribution in [2.45, 2.75) is 58.3 Å². The number of nitrogens with zero attached hydrogens (tertiary/aromatic N) is 3. The van der Waals surface area contributed by atoms with Crippen LogP contribution in [0.25, 0.3) is 10.4 Å². The van der Waals surface area contributed by atoms with Gasteiger partial charge in [0.25, 0.3) is 11.8 Å². The molecule has 1 aliphatic heterocycles. The lowest BCUT2D eigenvalue weighted by molar-refractivity contribution is -0.138. The van der Waals surface area contributed by atoms with Crippen LogP contribution >= 0.6 is 11.3 Å². The first-order valence-electron chi connectivity index (χ1n) is 10.4. The van der Waals surface area contributed by atoms with Gasteiger partial charge >= 0.3 is 12.1 Å². The molecule has 0 aromatic carbocycles. The molecular formula is C21H23F5N4O3S. The molecule has 0 radical (unpaired) electrons. The van der Waals surface area contributed by atoms with Crippen molar-refractivity contribution in [3.63, 3.8) is 0 Å². The highest BCUT2D eigenvalue weighted by Gasteiger charge is 2.46. The topological polar surface area (TPSA) is 84.4 Å². The van der Waals surface area contributed by atoms with Crippen LogP contribution in [0, 0.1) is 6.92 Å². The van der Waals surface area contributed by atoms with E-state index in [0.717, 1.165) is 23.2 Å². The van der Waals surface area contributed by atoms with Gasteiger partial charge in [-0.1, -0.05) is 0 Å². The molecule has 0 bridgehead atoms. The third-order valence-electron chi connectivity index (χ3n) is 5.28. The number of pyridine rings is 1. The number of hydrogen-bond acceptors (Lipinski definition) is 7. The summed E-state index contributed by atoms with van der Waals surface area (Å²) in [4.78, 5) is 34.7. The number of alkyl halides is 5. The van der Waals surface area contributed by atoms with Gasteiger partial charge in [-0.15, -0.1) is 11.3 Å². The highest BCUT2D eigenvalue weighted by molar-refractivity contribution is 7.17. The Morgan fingerprint density at radius 1 is 1.38 bits per heavy atom. The molecule has 2 aromatic heterocycles. The number of carbonyl (C=O) groups excluding carboxylic acids is 2. The Morgan fingerprint density at radius 3 is 2.59 bits per heavy atom. The molecule has 0 spiro atoms. The van der Waals surface area contributed by atoms with Crippen LogP contribution in [0.2, 0.25) is 0 Å². The Bertz CT molecular complexity index is 1090. The molecule has 186 valence electrons. The number of amides is 1. The van der Waals surface area contributed by atoms with Gasteiger partial charge in [0.05, 0.1) is 18.0 Å². The van der Waals surface area contributed by atoms with Crippen LogP contribution in [-0.4, -0.2) is 64.1 Å². The second-order valence-electron chi connectivity index (χ2n) is 8.05. The molecule has 2 atom stereocenters. The molecule has 0 saturated carbocycles. The van der Waals surface area contributed by atoms with Gasteiger partial charge in [0, 0.05) is 24.2 Å². The zero-order valence-corrected chi connectivity index (χ0v) is 19.6. The van der Waals surface area contributed by atoms with Crippen LogP contribution in [-0.2, 0) is 4.74 Å². The zero-order chi connectivity index (χ0) is 25.4. The van der Waals surface area contributed by atoms with Crippen molar-refractivity contribution in [1.82, 2.24) is 14.9 Å². The van der Waals surface area contributed by atoms with Gasteiger partial charge in [0.2, 0.25) is 5.01 Å². The molecule has 3 rings (SSSR count). The van der Waals surface area contributed by atoms with Crippen LogP contribution in [0.3, 0.4) is 0 Å². The van der Waals surface area contributed by atoms with E-state index in [1.54, 1.807) is 13.8 Å². The number of thiazole rings is 1. The molecule has 1 N–H and O–H groups in total. The summed E-state index contributed by atoms with van der Waals surface area (Å²) >= 11 is 0.826. The molecule has 1 aliphatic rings. The van der Waals surface area contributed by atoms with Gasteiger partial charge < -0.3 is 15.0 Å². The van der Waals surface area contributed by atoms with Gasteiger partial charge in [-0.05, 0) is 39.3 Å². The Kier molecular flexibility index (Phi) is 7.15. The number of esters is 1. The minimum absolute atomic E-state index is 0.0399. The molecule has 0 aliphatic carbocycles. The molecule has 1 fully saturated rings. The third kappa shape index (κ3) is 5.45. The van der Waals surface area contributed by atoms with E-state index in [4.69, 9.17) is 4.74 Å². The number of halogens is 5. The summed E-state index contributed by atoms with van der Waals surface area (Å²) in [5, 5.41) is 2.11. The number of hydrogen-bond donors (Lipinski definition) is 1. The van der Waals surface area contributed by atoms with Crippen molar-refractivity contribution in [2.24, 2.45) is 0 Å². The normalized spacial score (nSPS) is 18.6. The summed E-state index contributed by atoms with van der Waals surface area (Å²) in [6, 6.07) is -1.24. The zero-order valence-electron chi connectivity index (χ0n) is 18.8. The van der Waals surface area contributed by atoms with Gasteiger partial charge in [-0.2, -0.15) is 13.2 Å². The maximum atomic E-state index is 13.9. The number of likely N-dealkylation sites (tertiary alicyclic amines) is 1.